The van der Waals surface area contributed by atoms with Crippen molar-refractivity contribution in [2.45, 2.75) is 13.5 Å². The summed E-state index contributed by atoms with van der Waals surface area (Å²) >= 11 is 0. The number of ether oxygens (including phenoxy) is 2. The SMILES string of the molecule is COC(=O)c1oc(COc2ccc3c(c2)oc(=O)c2ccccc23)cc1C. The standard InChI is InChI=1S/C21H16O6/c1-12-9-14(26-19(12)21(23)24-2)11-25-13-7-8-16-15-5-3-4-6-17(15)20(22)27-18(16)10-13/h3-10H,11H2,1-2H3. The molecule has 4 aromatic rings. The summed E-state index contributed by atoms with van der Waals surface area (Å²) in [6, 6.07) is 14.3. The van der Waals surface area contributed by atoms with Gasteiger partial charge in [0.05, 0.1) is 12.5 Å². The van der Waals surface area contributed by atoms with Crippen molar-refractivity contribution in [1.82, 2.24) is 0 Å². The van der Waals surface area contributed by atoms with Crippen LogP contribution in [0.2, 0.25) is 0 Å². The summed E-state index contributed by atoms with van der Waals surface area (Å²) in [4.78, 5) is 23.8. The lowest BCUT2D eigenvalue weighted by Gasteiger charge is -2.07. The number of aryl methyl sites for hydroxylation is 1. The molecule has 0 fully saturated rings. The van der Waals surface area contributed by atoms with Gasteiger partial charge in [-0.3, -0.25) is 0 Å². The van der Waals surface area contributed by atoms with Crippen molar-refractivity contribution in [2.75, 3.05) is 7.11 Å². The second-order valence-corrected chi connectivity index (χ2v) is 6.10. The van der Waals surface area contributed by atoms with Gasteiger partial charge in [-0.1, -0.05) is 18.2 Å². The molecule has 0 saturated carbocycles. The van der Waals surface area contributed by atoms with Crippen LogP contribution in [0.3, 0.4) is 0 Å². The Morgan fingerprint density at radius 1 is 1.00 bits per heavy atom. The number of rotatable bonds is 4. The minimum Gasteiger partial charge on any atom is -0.486 e. The maximum atomic E-state index is 12.1. The molecule has 0 radical (unpaired) electrons. The van der Waals surface area contributed by atoms with Crippen molar-refractivity contribution in [2.24, 2.45) is 0 Å². The van der Waals surface area contributed by atoms with Gasteiger partial charge in [-0.15, -0.1) is 0 Å². The number of hydrogen-bond donors (Lipinski definition) is 0. The van der Waals surface area contributed by atoms with Gasteiger partial charge < -0.3 is 18.3 Å². The highest BCUT2D eigenvalue weighted by atomic mass is 16.5. The minimum atomic E-state index is -0.530. The summed E-state index contributed by atoms with van der Waals surface area (Å²) in [6.07, 6.45) is 0. The van der Waals surface area contributed by atoms with Gasteiger partial charge >= 0.3 is 11.6 Å². The number of fused-ring (bicyclic) bond motifs is 3. The van der Waals surface area contributed by atoms with E-state index in [9.17, 15) is 9.59 Å². The molecule has 0 N–H and O–H groups in total. The van der Waals surface area contributed by atoms with Gasteiger partial charge in [0.2, 0.25) is 5.76 Å². The van der Waals surface area contributed by atoms with E-state index in [0.717, 1.165) is 10.8 Å². The van der Waals surface area contributed by atoms with E-state index in [1.807, 2.05) is 18.2 Å². The molecule has 4 rings (SSSR count). The van der Waals surface area contributed by atoms with E-state index in [0.29, 0.717) is 28.0 Å². The molecular formula is C21H16O6. The second kappa shape index (κ2) is 6.64. The average Bonchev–Trinajstić information content (AvgIpc) is 3.06. The van der Waals surface area contributed by atoms with Crippen LogP contribution in [0.4, 0.5) is 0 Å². The van der Waals surface area contributed by atoms with Gasteiger partial charge in [0.1, 0.15) is 23.7 Å². The second-order valence-electron chi connectivity index (χ2n) is 6.10. The molecule has 6 nitrogen and oxygen atoms in total. The molecule has 0 saturated heterocycles. The molecule has 0 aliphatic rings. The Hall–Kier alpha value is -3.54. The Morgan fingerprint density at radius 3 is 2.56 bits per heavy atom. The van der Waals surface area contributed by atoms with Crippen LogP contribution < -0.4 is 10.4 Å². The van der Waals surface area contributed by atoms with Crippen molar-refractivity contribution in [1.29, 1.82) is 0 Å². The minimum absolute atomic E-state index is 0.126. The van der Waals surface area contributed by atoms with Crippen molar-refractivity contribution >= 4 is 27.7 Å². The normalized spacial score (nSPS) is 11.0. The Bertz CT molecular complexity index is 1210. The fourth-order valence-corrected chi connectivity index (χ4v) is 3.02. The maximum Gasteiger partial charge on any atom is 0.374 e. The van der Waals surface area contributed by atoms with E-state index >= 15 is 0 Å². The first-order chi connectivity index (χ1) is 13.1. The zero-order chi connectivity index (χ0) is 19.0. The zero-order valence-electron chi connectivity index (χ0n) is 14.8. The van der Waals surface area contributed by atoms with Crippen LogP contribution in [0.25, 0.3) is 21.7 Å². The lowest BCUT2D eigenvalue weighted by Crippen LogP contribution is -2.01. The van der Waals surface area contributed by atoms with Gasteiger partial charge in [0.15, 0.2) is 0 Å². The Kier molecular flexibility index (Phi) is 4.16. The van der Waals surface area contributed by atoms with Gasteiger partial charge in [0, 0.05) is 17.0 Å². The summed E-state index contributed by atoms with van der Waals surface area (Å²) in [5.74, 6) is 0.646. The molecule has 6 heteroatoms. The molecule has 0 aliphatic carbocycles. The van der Waals surface area contributed by atoms with Crippen LogP contribution in [0.5, 0.6) is 5.75 Å². The Labute approximate surface area is 153 Å². The summed E-state index contributed by atoms with van der Waals surface area (Å²) < 4.78 is 21.3. The molecule has 2 aromatic carbocycles. The van der Waals surface area contributed by atoms with Gasteiger partial charge in [-0.25, -0.2) is 9.59 Å². The smallest absolute Gasteiger partial charge is 0.374 e. The number of carbonyl (C=O) groups is 1. The van der Waals surface area contributed by atoms with Crippen molar-refractivity contribution in [3.05, 3.63) is 76.0 Å². The lowest BCUT2D eigenvalue weighted by molar-refractivity contribution is 0.0560. The maximum absolute atomic E-state index is 12.1. The highest BCUT2D eigenvalue weighted by Gasteiger charge is 2.16. The van der Waals surface area contributed by atoms with Crippen LogP contribution >= 0.6 is 0 Å². The van der Waals surface area contributed by atoms with Crippen LogP contribution in [0.15, 0.2) is 62.2 Å². The number of esters is 1. The van der Waals surface area contributed by atoms with E-state index in [1.54, 1.807) is 37.3 Å². The van der Waals surface area contributed by atoms with E-state index in [1.165, 1.54) is 7.11 Å². The summed E-state index contributed by atoms with van der Waals surface area (Å²) in [6.45, 7) is 1.89. The molecule has 136 valence electrons. The third-order valence-electron chi connectivity index (χ3n) is 4.31. The van der Waals surface area contributed by atoms with Crippen molar-refractivity contribution in [3.8, 4) is 5.75 Å². The van der Waals surface area contributed by atoms with E-state index in [4.69, 9.17) is 13.6 Å². The molecule has 0 bridgehead atoms. The number of carbonyl (C=O) groups excluding carboxylic acids is 1. The largest absolute Gasteiger partial charge is 0.486 e. The third-order valence-corrected chi connectivity index (χ3v) is 4.31. The number of methoxy groups -OCH3 is 1. The molecule has 0 aliphatic heterocycles. The topological polar surface area (TPSA) is 78.9 Å². The van der Waals surface area contributed by atoms with Crippen LogP contribution in [0, 0.1) is 6.92 Å². The van der Waals surface area contributed by atoms with E-state index in [-0.39, 0.29) is 18.0 Å². The molecule has 27 heavy (non-hydrogen) atoms. The average molecular weight is 364 g/mol. The predicted octanol–water partition coefficient (Wildman–Crippen LogP) is 4.21. The quantitative estimate of drug-likeness (QED) is 0.307. The molecule has 2 aromatic heterocycles. The van der Waals surface area contributed by atoms with Gasteiger partial charge in [0.25, 0.3) is 0 Å². The molecular weight excluding hydrogens is 348 g/mol. The lowest BCUT2D eigenvalue weighted by atomic mass is 10.1. The van der Waals surface area contributed by atoms with Gasteiger partial charge in [-0.2, -0.15) is 0 Å². The first kappa shape index (κ1) is 16.9. The van der Waals surface area contributed by atoms with Crippen molar-refractivity contribution < 1.29 is 23.1 Å². The Balaban J connectivity index is 1.63. The number of furan rings is 1. The third kappa shape index (κ3) is 3.06. The summed E-state index contributed by atoms with van der Waals surface area (Å²) in [5, 5.41) is 2.21. The zero-order valence-corrected chi connectivity index (χ0v) is 14.8. The number of hydrogen-bond acceptors (Lipinski definition) is 6. The molecule has 0 unspecified atom stereocenters. The highest BCUT2D eigenvalue weighted by Crippen LogP contribution is 2.27. The Morgan fingerprint density at radius 2 is 1.78 bits per heavy atom. The molecule has 2 heterocycles. The van der Waals surface area contributed by atoms with Crippen LogP contribution in [0.1, 0.15) is 21.9 Å². The fourth-order valence-electron chi connectivity index (χ4n) is 3.02. The monoisotopic (exact) mass is 364 g/mol. The fraction of sp³-hybridized carbons (Fsp3) is 0.143. The molecule has 0 amide bonds. The highest BCUT2D eigenvalue weighted by molar-refractivity contribution is 6.04. The molecule has 0 atom stereocenters. The first-order valence-electron chi connectivity index (χ1n) is 8.33. The first-order valence-corrected chi connectivity index (χ1v) is 8.33. The van der Waals surface area contributed by atoms with E-state index < -0.39 is 5.97 Å². The van der Waals surface area contributed by atoms with E-state index in [2.05, 4.69) is 4.74 Å². The van der Waals surface area contributed by atoms with Crippen LogP contribution in [-0.4, -0.2) is 13.1 Å². The van der Waals surface area contributed by atoms with Crippen molar-refractivity contribution in [3.63, 3.8) is 0 Å². The molecule has 0 spiro atoms. The summed E-state index contributed by atoms with van der Waals surface area (Å²) in [5.41, 5.74) is 0.734. The predicted molar refractivity (Wildman–Crippen MR) is 99.1 cm³/mol. The number of benzene rings is 2. The van der Waals surface area contributed by atoms with Gasteiger partial charge in [-0.05, 0) is 36.6 Å². The van der Waals surface area contributed by atoms with Crippen LogP contribution in [-0.2, 0) is 11.3 Å². The summed E-state index contributed by atoms with van der Waals surface area (Å²) in [7, 11) is 1.30.